The number of rotatable bonds is 4. The summed E-state index contributed by atoms with van der Waals surface area (Å²) in [4.78, 5) is 4.12. The van der Waals surface area contributed by atoms with E-state index in [-0.39, 0.29) is 22.7 Å². The first-order valence-electron chi connectivity index (χ1n) is 7.31. The van der Waals surface area contributed by atoms with Crippen molar-refractivity contribution >= 4 is 11.6 Å². The van der Waals surface area contributed by atoms with Crippen LogP contribution in [0.1, 0.15) is 39.2 Å². The van der Waals surface area contributed by atoms with Gasteiger partial charge in [0.1, 0.15) is 0 Å². The molecule has 0 saturated carbocycles. The van der Waals surface area contributed by atoms with Gasteiger partial charge >= 0.3 is 0 Å². The highest BCUT2D eigenvalue weighted by molar-refractivity contribution is 6.21. The lowest BCUT2D eigenvalue weighted by atomic mass is 9.75. The predicted molar refractivity (Wildman–Crippen MR) is 78.7 cm³/mol. The molecule has 4 atom stereocenters. The van der Waals surface area contributed by atoms with Crippen LogP contribution in [0, 0.1) is 5.92 Å². The predicted octanol–water partition coefficient (Wildman–Crippen LogP) is 3.55. The molecule has 0 aromatic carbocycles. The Morgan fingerprint density at radius 1 is 1.50 bits per heavy atom. The molecule has 0 aliphatic carbocycles. The van der Waals surface area contributed by atoms with Gasteiger partial charge in [0.15, 0.2) is 0 Å². The van der Waals surface area contributed by atoms with Crippen LogP contribution < -0.4 is 0 Å². The van der Waals surface area contributed by atoms with Crippen LogP contribution in [-0.2, 0) is 16.1 Å². The van der Waals surface area contributed by atoms with Gasteiger partial charge in [-0.2, -0.15) is 0 Å². The molecule has 0 N–H and O–H groups in total. The fourth-order valence-electron chi connectivity index (χ4n) is 3.57. The number of alkyl halides is 1. The molecule has 20 heavy (non-hydrogen) atoms. The van der Waals surface area contributed by atoms with E-state index in [2.05, 4.69) is 25.8 Å². The van der Waals surface area contributed by atoms with Gasteiger partial charge in [-0.3, -0.25) is 4.98 Å². The summed E-state index contributed by atoms with van der Waals surface area (Å²) in [5.41, 5.74) is 0.620. The van der Waals surface area contributed by atoms with Gasteiger partial charge in [-0.05, 0) is 30.9 Å². The smallest absolute Gasteiger partial charge is 0.0939 e. The Balaban J connectivity index is 1.71. The second kappa shape index (κ2) is 4.97. The summed E-state index contributed by atoms with van der Waals surface area (Å²) in [6.45, 7) is 7.08. The third-order valence-electron chi connectivity index (χ3n) is 4.87. The molecule has 2 aliphatic heterocycles. The minimum absolute atomic E-state index is 0.0886. The summed E-state index contributed by atoms with van der Waals surface area (Å²) in [5.74, 6) is 0.402. The van der Waals surface area contributed by atoms with Gasteiger partial charge in [0, 0.05) is 18.8 Å². The summed E-state index contributed by atoms with van der Waals surface area (Å²) in [7, 11) is 0. The van der Waals surface area contributed by atoms with Gasteiger partial charge in [0.2, 0.25) is 0 Å². The molecule has 3 heterocycles. The van der Waals surface area contributed by atoms with E-state index in [1.54, 1.807) is 6.20 Å². The zero-order valence-corrected chi connectivity index (χ0v) is 13.1. The van der Waals surface area contributed by atoms with Gasteiger partial charge in [-0.25, -0.2) is 0 Å². The topological polar surface area (TPSA) is 31.4 Å². The number of nitrogens with zero attached hydrogens (tertiary/aromatic N) is 1. The number of pyridine rings is 1. The third-order valence-corrected chi connectivity index (χ3v) is 5.40. The highest BCUT2D eigenvalue weighted by atomic mass is 35.5. The minimum Gasteiger partial charge on any atom is -0.370 e. The number of halogens is 1. The van der Waals surface area contributed by atoms with Crippen LogP contribution in [0.25, 0.3) is 0 Å². The molecule has 4 heteroatoms. The number of fused-ring (bicyclic) bond motifs is 2. The van der Waals surface area contributed by atoms with Crippen molar-refractivity contribution in [3.05, 3.63) is 30.1 Å². The molecule has 1 aromatic rings. The van der Waals surface area contributed by atoms with E-state index < -0.39 is 0 Å². The molecule has 110 valence electrons. The van der Waals surface area contributed by atoms with Crippen LogP contribution in [0.4, 0.5) is 0 Å². The van der Waals surface area contributed by atoms with E-state index in [0.717, 1.165) is 18.4 Å². The van der Waals surface area contributed by atoms with Gasteiger partial charge in [-0.15, -0.1) is 11.6 Å². The normalized spacial score (nSPS) is 39.6. The fourth-order valence-corrected chi connectivity index (χ4v) is 4.26. The molecular formula is C16H22ClNO2. The zero-order chi connectivity index (χ0) is 14.4. The first-order chi connectivity index (χ1) is 9.46. The number of ether oxygens (including phenoxy) is 2. The van der Waals surface area contributed by atoms with Crippen LogP contribution >= 0.6 is 11.6 Å². The first-order valence-corrected chi connectivity index (χ1v) is 7.75. The number of hydrogen-bond acceptors (Lipinski definition) is 3. The van der Waals surface area contributed by atoms with Crippen LogP contribution in [0.5, 0.6) is 0 Å². The quantitative estimate of drug-likeness (QED) is 0.796. The zero-order valence-electron chi connectivity index (χ0n) is 12.3. The van der Waals surface area contributed by atoms with Crippen molar-refractivity contribution in [2.75, 3.05) is 0 Å². The maximum atomic E-state index is 6.54. The van der Waals surface area contributed by atoms with Crippen molar-refractivity contribution in [1.82, 2.24) is 4.98 Å². The largest absolute Gasteiger partial charge is 0.370 e. The molecular weight excluding hydrogens is 274 g/mol. The van der Waals surface area contributed by atoms with E-state index in [0.29, 0.717) is 12.5 Å². The van der Waals surface area contributed by atoms with Gasteiger partial charge < -0.3 is 9.47 Å². The molecule has 0 radical (unpaired) electrons. The Hall–Kier alpha value is -0.640. The van der Waals surface area contributed by atoms with Crippen molar-refractivity contribution < 1.29 is 9.47 Å². The highest BCUT2D eigenvalue weighted by Gasteiger charge is 2.65. The third kappa shape index (κ3) is 2.16. The lowest BCUT2D eigenvalue weighted by Gasteiger charge is -2.35. The van der Waals surface area contributed by atoms with Crippen molar-refractivity contribution in [3.63, 3.8) is 0 Å². The van der Waals surface area contributed by atoms with E-state index in [1.165, 1.54) is 0 Å². The summed E-state index contributed by atoms with van der Waals surface area (Å²) in [6, 6.07) is 3.97. The first kappa shape index (κ1) is 14.3. The number of aromatic nitrogens is 1. The molecule has 2 saturated heterocycles. The molecule has 3 rings (SSSR count). The van der Waals surface area contributed by atoms with Crippen molar-refractivity contribution in [1.29, 1.82) is 0 Å². The SMILES string of the molecule is CC(C)C12CC(OCc3cccnc3)C(C)(CC1Cl)O2. The van der Waals surface area contributed by atoms with Gasteiger partial charge in [-0.1, -0.05) is 19.9 Å². The Bertz CT molecular complexity index is 481. The molecule has 4 unspecified atom stereocenters. The van der Waals surface area contributed by atoms with Crippen molar-refractivity contribution in [2.24, 2.45) is 5.92 Å². The Kier molecular flexibility index (Phi) is 3.56. The van der Waals surface area contributed by atoms with E-state index >= 15 is 0 Å². The van der Waals surface area contributed by atoms with Crippen LogP contribution in [0.15, 0.2) is 24.5 Å². The molecule has 1 aromatic heterocycles. The van der Waals surface area contributed by atoms with E-state index in [1.807, 2.05) is 18.3 Å². The average molecular weight is 296 g/mol. The Morgan fingerprint density at radius 2 is 2.30 bits per heavy atom. The Labute approximate surface area is 125 Å². The molecule has 2 fully saturated rings. The minimum atomic E-state index is -0.251. The van der Waals surface area contributed by atoms with Crippen LogP contribution in [0.2, 0.25) is 0 Å². The average Bonchev–Trinajstić information content (AvgIpc) is 2.85. The number of hydrogen-bond donors (Lipinski definition) is 0. The summed E-state index contributed by atoms with van der Waals surface area (Å²) >= 11 is 6.54. The monoisotopic (exact) mass is 295 g/mol. The molecule has 2 aliphatic rings. The summed E-state index contributed by atoms with van der Waals surface area (Å²) in [6.07, 6.45) is 5.48. The van der Waals surface area contributed by atoms with Crippen LogP contribution in [-0.4, -0.2) is 27.7 Å². The van der Waals surface area contributed by atoms with E-state index in [9.17, 15) is 0 Å². The van der Waals surface area contributed by atoms with E-state index in [4.69, 9.17) is 21.1 Å². The maximum Gasteiger partial charge on any atom is 0.0939 e. The van der Waals surface area contributed by atoms with Gasteiger partial charge in [0.25, 0.3) is 0 Å². The van der Waals surface area contributed by atoms with Gasteiger partial charge in [0.05, 0.1) is 29.3 Å². The lowest BCUT2D eigenvalue weighted by Crippen LogP contribution is -2.45. The maximum absolute atomic E-state index is 6.54. The molecule has 2 bridgehead atoms. The van der Waals surface area contributed by atoms with Crippen molar-refractivity contribution in [2.45, 2.75) is 62.9 Å². The highest BCUT2D eigenvalue weighted by Crippen LogP contribution is 2.57. The lowest BCUT2D eigenvalue weighted by molar-refractivity contribution is -0.0957. The summed E-state index contributed by atoms with van der Waals surface area (Å²) in [5, 5.41) is 0.0886. The van der Waals surface area contributed by atoms with Crippen LogP contribution in [0.3, 0.4) is 0 Å². The van der Waals surface area contributed by atoms with Crippen molar-refractivity contribution in [3.8, 4) is 0 Å². The molecule has 0 spiro atoms. The summed E-state index contributed by atoms with van der Waals surface area (Å²) < 4.78 is 12.5. The second-order valence-corrected chi connectivity index (χ2v) is 7.09. The molecule has 3 nitrogen and oxygen atoms in total. The standard InChI is InChI=1S/C16H22ClNO2/c1-11(2)16-8-14(15(3,20-16)7-13(16)17)19-10-12-5-4-6-18-9-12/h4-6,9,11,13-14H,7-8,10H2,1-3H3. The molecule has 0 amide bonds. The Morgan fingerprint density at radius 3 is 2.90 bits per heavy atom. The second-order valence-electron chi connectivity index (χ2n) is 6.56. The fraction of sp³-hybridized carbons (Fsp3) is 0.688.